The maximum atomic E-state index is 11.8. The second-order valence-electron chi connectivity index (χ2n) is 3.68. The van der Waals surface area contributed by atoms with Crippen LogP contribution in [0.25, 0.3) is 10.6 Å². The number of benzene rings is 1. The Morgan fingerprint density at radius 2 is 2.15 bits per heavy atom. The number of carbonyl (C=O) groups is 1. The highest BCUT2D eigenvalue weighted by Gasteiger charge is 2.14. The van der Waals surface area contributed by atoms with E-state index in [0.717, 1.165) is 5.56 Å². The van der Waals surface area contributed by atoms with Crippen molar-refractivity contribution in [2.75, 3.05) is 5.32 Å². The summed E-state index contributed by atoms with van der Waals surface area (Å²) in [7, 11) is 0. The Morgan fingerprint density at radius 3 is 2.90 bits per heavy atom. The summed E-state index contributed by atoms with van der Waals surface area (Å²) in [5, 5.41) is 18.1. The molecule has 3 aromatic rings. The number of halogens is 1. The van der Waals surface area contributed by atoms with E-state index in [4.69, 9.17) is 11.6 Å². The number of aromatic nitrogens is 5. The monoisotopic (exact) mass is 306 g/mol. The van der Waals surface area contributed by atoms with Gasteiger partial charge in [0.2, 0.25) is 11.0 Å². The first-order valence-corrected chi connectivity index (χ1v) is 6.68. The summed E-state index contributed by atoms with van der Waals surface area (Å²) in [4.78, 5) is 15.5. The fourth-order valence-electron chi connectivity index (χ4n) is 1.49. The first kappa shape index (κ1) is 12.7. The summed E-state index contributed by atoms with van der Waals surface area (Å²) in [6.07, 6.45) is 1.25. The first-order chi connectivity index (χ1) is 9.74. The Bertz CT molecular complexity index is 741. The van der Waals surface area contributed by atoms with Gasteiger partial charge in [0.25, 0.3) is 5.91 Å². The molecule has 0 aliphatic rings. The molecule has 0 aliphatic heterocycles. The molecule has 0 saturated heterocycles. The van der Waals surface area contributed by atoms with Crippen molar-refractivity contribution in [1.29, 1.82) is 0 Å². The van der Waals surface area contributed by atoms with E-state index in [1.165, 1.54) is 17.7 Å². The number of carbonyl (C=O) groups excluding carboxylic acids is 1. The van der Waals surface area contributed by atoms with Crippen LogP contribution in [-0.4, -0.2) is 31.3 Å². The Hall–Kier alpha value is -2.32. The Balaban J connectivity index is 1.81. The van der Waals surface area contributed by atoms with Crippen LogP contribution in [-0.2, 0) is 0 Å². The van der Waals surface area contributed by atoms with Crippen LogP contribution in [0.3, 0.4) is 0 Å². The van der Waals surface area contributed by atoms with Crippen LogP contribution in [0.15, 0.2) is 30.6 Å². The van der Waals surface area contributed by atoms with Crippen molar-refractivity contribution in [2.24, 2.45) is 0 Å². The molecule has 9 heteroatoms. The smallest absolute Gasteiger partial charge is 0.294 e. The van der Waals surface area contributed by atoms with Gasteiger partial charge in [0.15, 0.2) is 5.01 Å². The van der Waals surface area contributed by atoms with Gasteiger partial charge in [-0.1, -0.05) is 41.1 Å². The Kier molecular flexibility index (Phi) is 3.40. The van der Waals surface area contributed by atoms with E-state index in [9.17, 15) is 4.79 Å². The van der Waals surface area contributed by atoms with Crippen LogP contribution in [0, 0.1) is 0 Å². The summed E-state index contributed by atoms with van der Waals surface area (Å²) in [5.41, 5.74) is 0.770. The van der Waals surface area contributed by atoms with Gasteiger partial charge >= 0.3 is 0 Å². The average molecular weight is 307 g/mol. The van der Waals surface area contributed by atoms with Crippen LogP contribution < -0.4 is 5.32 Å². The summed E-state index contributed by atoms with van der Waals surface area (Å²) in [6, 6.07) is 7.30. The van der Waals surface area contributed by atoms with Gasteiger partial charge in [0, 0.05) is 5.56 Å². The van der Waals surface area contributed by atoms with Gasteiger partial charge in [-0.15, -0.1) is 10.2 Å². The van der Waals surface area contributed by atoms with Gasteiger partial charge < -0.3 is 0 Å². The standard InChI is InChI=1S/C11H7ClN6OS/c12-7-4-2-1-3-6(7)10-17-18-11(20-10)15-9(19)8-13-5-14-16-8/h1-5H,(H,13,14,16)(H,15,18,19). The highest BCUT2D eigenvalue weighted by molar-refractivity contribution is 7.18. The number of hydrogen-bond acceptors (Lipinski definition) is 6. The van der Waals surface area contributed by atoms with Gasteiger partial charge in [-0.2, -0.15) is 5.10 Å². The van der Waals surface area contributed by atoms with E-state index >= 15 is 0 Å². The molecule has 0 aliphatic carbocycles. The Morgan fingerprint density at radius 1 is 1.30 bits per heavy atom. The molecule has 2 heterocycles. The molecule has 2 N–H and O–H groups in total. The quantitative estimate of drug-likeness (QED) is 0.773. The number of hydrogen-bond donors (Lipinski definition) is 2. The summed E-state index contributed by atoms with van der Waals surface area (Å²) in [5.74, 6) is -0.316. The summed E-state index contributed by atoms with van der Waals surface area (Å²) < 4.78 is 0. The molecule has 2 aromatic heterocycles. The topological polar surface area (TPSA) is 96.5 Å². The molecule has 1 amide bonds. The normalized spacial score (nSPS) is 10.4. The molecule has 20 heavy (non-hydrogen) atoms. The largest absolute Gasteiger partial charge is 0.294 e. The van der Waals surface area contributed by atoms with Crippen LogP contribution in [0.5, 0.6) is 0 Å². The second-order valence-corrected chi connectivity index (χ2v) is 5.07. The highest BCUT2D eigenvalue weighted by atomic mass is 35.5. The highest BCUT2D eigenvalue weighted by Crippen LogP contribution is 2.31. The van der Waals surface area contributed by atoms with Crippen molar-refractivity contribution in [2.45, 2.75) is 0 Å². The lowest BCUT2D eigenvalue weighted by Crippen LogP contribution is -2.13. The molecule has 3 rings (SSSR count). The van der Waals surface area contributed by atoms with Crippen LogP contribution in [0.4, 0.5) is 5.13 Å². The zero-order chi connectivity index (χ0) is 13.9. The zero-order valence-corrected chi connectivity index (χ0v) is 11.4. The van der Waals surface area contributed by atoms with E-state index in [1.807, 2.05) is 18.2 Å². The summed E-state index contributed by atoms with van der Waals surface area (Å²) >= 11 is 7.31. The molecule has 7 nitrogen and oxygen atoms in total. The maximum absolute atomic E-state index is 11.8. The van der Waals surface area contributed by atoms with E-state index in [2.05, 4.69) is 30.7 Å². The number of nitrogens with one attached hydrogen (secondary N) is 2. The average Bonchev–Trinajstić information content (AvgIpc) is 3.10. The number of nitrogens with zero attached hydrogens (tertiary/aromatic N) is 4. The van der Waals surface area contributed by atoms with Crippen molar-refractivity contribution in [3.8, 4) is 10.6 Å². The third kappa shape index (κ3) is 2.51. The SMILES string of the molecule is O=C(Nc1nnc(-c2ccccc2Cl)s1)c1ncn[nH]1. The fourth-order valence-corrected chi connectivity index (χ4v) is 2.55. The van der Waals surface area contributed by atoms with E-state index in [-0.39, 0.29) is 5.82 Å². The first-order valence-electron chi connectivity index (χ1n) is 5.49. The minimum absolute atomic E-state index is 0.111. The fraction of sp³-hybridized carbons (Fsp3) is 0. The van der Waals surface area contributed by atoms with Crippen LogP contribution in [0.1, 0.15) is 10.6 Å². The maximum Gasteiger partial charge on any atom is 0.294 e. The molecule has 0 spiro atoms. The third-order valence-electron chi connectivity index (χ3n) is 2.38. The number of H-pyrrole nitrogens is 1. The van der Waals surface area contributed by atoms with Gasteiger partial charge in [0.05, 0.1) is 5.02 Å². The van der Waals surface area contributed by atoms with E-state index in [1.54, 1.807) is 6.07 Å². The molecule has 0 bridgehead atoms. The van der Waals surface area contributed by atoms with E-state index in [0.29, 0.717) is 15.2 Å². The number of anilines is 1. The van der Waals surface area contributed by atoms with Crippen LogP contribution in [0.2, 0.25) is 5.02 Å². The molecule has 0 fully saturated rings. The molecule has 0 unspecified atom stereocenters. The molecule has 0 saturated carbocycles. The van der Waals surface area contributed by atoms with Crippen molar-refractivity contribution in [3.63, 3.8) is 0 Å². The third-order valence-corrected chi connectivity index (χ3v) is 3.58. The molecule has 0 atom stereocenters. The minimum atomic E-state index is -0.427. The van der Waals surface area contributed by atoms with E-state index < -0.39 is 5.91 Å². The Labute approximate surface area is 122 Å². The van der Waals surface area contributed by atoms with Crippen molar-refractivity contribution < 1.29 is 4.79 Å². The predicted molar refractivity (Wildman–Crippen MR) is 74.7 cm³/mol. The van der Waals surface area contributed by atoms with Crippen LogP contribution >= 0.6 is 22.9 Å². The number of aromatic amines is 1. The van der Waals surface area contributed by atoms with Gasteiger partial charge in [-0.25, -0.2) is 4.98 Å². The van der Waals surface area contributed by atoms with Gasteiger partial charge in [-0.3, -0.25) is 15.2 Å². The van der Waals surface area contributed by atoms with Gasteiger partial charge in [0.1, 0.15) is 6.33 Å². The molecular weight excluding hydrogens is 300 g/mol. The molecular formula is C11H7ClN6OS. The predicted octanol–water partition coefficient (Wildman–Crippen LogP) is 2.23. The molecule has 1 aromatic carbocycles. The zero-order valence-electron chi connectivity index (χ0n) is 9.87. The van der Waals surface area contributed by atoms with Crippen molar-refractivity contribution in [3.05, 3.63) is 41.4 Å². The molecule has 100 valence electrons. The molecule has 0 radical (unpaired) electrons. The second kappa shape index (κ2) is 5.35. The van der Waals surface area contributed by atoms with Crippen molar-refractivity contribution >= 4 is 34.0 Å². The number of amides is 1. The minimum Gasteiger partial charge on any atom is -0.294 e. The summed E-state index contributed by atoms with van der Waals surface area (Å²) in [6.45, 7) is 0. The van der Waals surface area contributed by atoms with Crippen molar-refractivity contribution in [1.82, 2.24) is 25.4 Å². The lowest BCUT2D eigenvalue weighted by Gasteiger charge is -1.97. The lowest BCUT2D eigenvalue weighted by atomic mass is 10.2. The number of rotatable bonds is 3. The lowest BCUT2D eigenvalue weighted by molar-refractivity contribution is 0.101. The van der Waals surface area contributed by atoms with Gasteiger partial charge in [-0.05, 0) is 6.07 Å².